The zero-order valence-corrected chi connectivity index (χ0v) is 14.2. The smallest absolute Gasteiger partial charge is 0.263 e. The molecule has 0 unspecified atom stereocenters. The van der Waals surface area contributed by atoms with Gasteiger partial charge in [-0.1, -0.05) is 0 Å². The summed E-state index contributed by atoms with van der Waals surface area (Å²) < 4.78 is 29.1. The molecule has 0 aliphatic heterocycles. The maximum Gasteiger partial charge on any atom is 0.263 e. The zero-order chi connectivity index (χ0) is 16.2. The molecular weight excluding hydrogens is 314 g/mol. The molecule has 0 spiro atoms. The highest BCUT2D eigenvalue weighted by Gasteiger charge is 2.26. The van der Waals surface area contributed by atoms with Crippen molar-refractivity contribution < 1.29 is 17.9 Å². The first kappa shape index (κ1) is 17.7. The van der Waals surface area contributed by atoms with Gasteiger partial charge in [-0.05, 0) is 13.8 Å². The molecular formula is C12H21N3O4S2. The average Bonchev–Trinajstić information content (AvgIpc) is 2.70. The van der Waals surface area contributed by atoms with E-state index in [-0.39, 0.29) is 21.6 Å². The zero-order valence-electron chi connectivity index (χ0n) is 12.5. The van der Waals surface area contributed by atoms with E-state index in [1.807, 2.05) is 13.8 Å². The van der Waals surface area contributed by atoms with E-state index in [1.165, 1.54) is 7.05 Å². The largest absolute Gasteiger partial charge is 0.396 e. The van der Waals surface area contributed by atoms with Gasteiger partial charge in [0.1, 0.15) is 14.8 Å². The minimum Gasteiger partial charge on any atom is -0.396 e. The Bertz CT molecular complexity index is 608. The highest BCUT2D eigenvalue weighted by molar-refractivity contribution is 7.91. The first-order chi connectivity index (χ1) is 9.68. The van der Waals surface area contributed by atoms with Crippen molar-refractivity contribution in [3.63, 3.8) is 0 Å². The quantitative estimate of drug-likeness (QED) is 0.639. The third-order valence-electron chi connectivity index (χ3n) is 2.54. The highest BCUT2D eigenvalue weighted by Crippen LogP contribution is 2.38. The van der Waals surface area contributed by atoms with Crippen LogP contribution in [0.5, 0.6) is 0 Å². The second-order valence-corrected chi connectivity index (χ2v) is 7.67. The molecule has 0 radical (unpaired) electrons. The molecule has 0 aliphatic carbocycles. The molecule has 21 heavy (non-hydrogen) atoms. The summed E-state index contributed by atoms with van der Waals surface area (Å²) in [5.74, 6) is -0.408. The molecule has 0 aliphatic rings. The summed E-state index contributed by atoms with van der Waals surface area (Å²) in [5.41, 5.74) is 5.80. The minimum absolute atomic E-state index is 0.0193. The lowest BCUT2D eigenvalue weighted by Gasteiger charge is -2.09. The number of nitrogens with one attached hydrogen (secondary N) is 2. The lowest BCUT2D eigenvalue weighted by molar-refractivity contribution is 0.0870. The number of ether oxygens (including phenoxy) is 1. The first-order valence-corrected chi connectivity index (χ1v) is 9.09. The molecule has 0 saturated heterocycles. The number of rotatable bonds is 7. The molecule has 4 N–H and O–H groups in total. The lowest BCUT2D eigenvalue weighted by atomic mass is 10.3. The van der Waals surface area contributed by atoms with Gasteiger partial charge in [-0.25, -0.2) is 8.42 Å². The fourth-order valence-corrected chi connectivity index (χ4v) is 4.20. The van der Waals surface area contributed by atoms with E-state index in [2.05, 4.69) is 10.6 Å². The Labute approximate surface area is 128 Å². The molecule has 1 aromatic rings. The lowest BCUT2D eigenvalue weighted by Crippen LogP contribution is -2.18. The molecule has 1 rings (SSSR count). The molecule has 0 fully saturated rings. The van der Waals surface area contributed by atoms with Crippen molar-refractivity contribution >= 4 is 37.8 Å². The van der Waals surface area contributed by atoms with Gasteiger partial charge in [0, 0.05) is 19.8 Å². The Balaban J connectivity index is 3.04. The van der Waals surface area contributed by atoms with Crippen molar-refractivity contribution in [2.24, 2.45) is 0 Å². The molecule has 1 heterocycles. The summed E-state index contributed by atoms with van der Waals surface area (Å²) >= 11 is 1.02. The summed E-state index contributed by atoms with van der Waals surface area (Å²) in [6.45, 7) is 4.67. The maximum absolute atomic E-state index is 11.9. The van der Waals surface area contributed by atoms with Crippen LogP contribution in [0.25, 0.3) is 0 Å². The second kappa shape index (κ2) is 7.10. The standard InChI is InChI=1S/C12H21N3O4S2/c1-7(2)19-6-5-15-12-10(21(4,17)18)8(13)9(20-12)11(16)14-3/h7,15H,5-6,13H2,1-4H3,(H,14,16). The molecule has 0 atom stereocenters. The number of thiophene rings is 1. The third kappa shape index (κ3) is 4.58. The van der Waals surface area contributed by atoms with Crippen LogP contribution in [0.4, 0.5) is 10.7 Å². The van der Waals surface area contributed by atoms with Crippen molar-refractivity contribution in [3.05, 3.63) is 4.88 Å². The monoisotopic (exact) mass is 335 g/mol. The Hall–Kier alpha value is -1.32. The van der Waals surface area contributed by atoms with Gasteiger partial charge in [-0.15, -0.1) is 11.3 Å². The summed E-state index contributed by atoms with van der Waals surface area (Å²) in [6.07, 6.45) is 1.16. The number of hydrogen-bond acceptors (Lipinski definition) is 7. The molecule has 0 saturated carbocycles. The van der Waals surface area contributed by atoms with E-state index in [0.29, 0.717) is 18.2 Å². The fourth-order valence-electron chi connectivity index (χ4n) is 1.65. The van der Waals surface area contributed by atoms with Crippen molar-refractivity contribution in [2.45, 2.75) is 24.8 Å². The van der Waals surface area contributed by atoms with Crippen LogP contribution in [-0.2, 0) is 14.6 Å². The van der Waals surface area contributed by atoms with Crippen LogP contribution in [0.1, 0.15) is 23.5 Å². The Kier molecular flexibility index (Phi) is 5.99. The van der Waals surface area contributed by atoms with Crippen molar-refractivity contribution in [1.82, 2.24) is 5.32 Å². The fraction of sp³-hybridized carbons (Fsp3) is 0.583. The van der Waals surface area contributed by atoms with Crippen LogP contribution in [0.15, 0.2) is 4.90 Å². The van der Waals surface area contributed by atoms with Crippen LogP contribution in [0, 0.1) is 0 Å². The second-order valence-electron chi connectivity index (χ2n) is 4.70. The molecule has 0 bridgehead atoms. The topological polar surface area (TPSA) is 111 Å². The van der Waals surface area contributed by atoms with E-state index in [4.69, 9.17) is 10.5 Å². The van der Waals surface area contributed by atoms with E-state index >= 15 is 0 Å². The van der Waals surface area contributed by atoms with Crippen molar-refractivity contribution in [3.8, 4) is 0 Å². The number of sulfone groups is 1. The van der Waals surface area contributed by atoms with Crippen LogP contribution in [0.3, 0.4) is 0 Å². The highest BCUT2D eigenvalue weighted by atomic mass is 32.2. The molecule has 0 aromatic carbocycles. The van der Waals surface area contributed by atoms with Gasteiger partial charge in [0.25, 0.3) is 5.91 Å². The molecule has 120 valence electrons. The van der Waals surface area contributed by atoms with Gasteiger partial charge in [0.05, 0.1) is 18.4 Å². The van der Waals surface area contributed by atoms with E-state index in [1.54, 1.807) is 0 Å². The van der Waals surface area contributed by atoms with Crippen LogP contribution >= 0.6 is 11.3 Å². The molecule has 7 nitrogen and oxygen atoms in total. The molecule has 1 amide bonds. The van der Waals surface area contributed by atoms with Gasteiger partial charge in [0.15, 0.2) is 9.84 Å². The Morgan fingerprint density at radius 2 is 2.05 bits per heavy atom. The summed E-state index contributed by atoms with van der Waals surface area (Å²) in [5, 5.41) is 5.77. The normalized spacial score (nSPS) is 11.7. The third-order valence-corrected chi connectivity index (χ3v) is 5.00. The maximum atomic E-state index is 11.9. The van der Waals surface area contributed by atoms with Crippen molar-refractivity contribution in [1.29, 1.82) is 0 Å². The molecule has 9 heteroatoms. The summed E-state index contributed by atoms with van der Waals surface area (Å²) in [7, 11) is -2.07. The van der Waals surface area contributed by atoms with Gasteiger partial charge < -0.3 is 21.1 Å². The SMILES string of the molecule is CNC(=O)c1sc(NCCOC(C)C)c(S(C)(=O)=O)c1N. The minimum atomic E-state index is -3.54. The predicted octanol–water partition coefficient (Wildman–Crippen LogP) is 0.930. The van der Waals surface area contributed by atoms with Crippen molar-refractivity contribution in [2.75, 3.05) is 37.5 Å². The van der Waals surface area contributed by atoms with Gasteiger partial charge >= 0.3 is 0 Å². The van der Waals surface area contributed by atoms with Gasteiger partial charge in [-0.2, -0.15) is 0 Å². The first-order valence-electron chi connectivity index (χ1n) is 6.38. The van der Waals surface area contributed by atoms with Crippen LogP contribution in [0.2, 0.25) is 0 Å². The van der Waals surface area contributed by atoms with Gasteiger partial charge in [0.2, 0.25) is 0 Å². The number of anilines is 2. The van der Waals surface area contributed by atoms with Gasteiger partial charge in [-0.3, -0.25) is 4.79 Å². The Morgan fingerprint density at radius 3 is 2.52 bits per heavy atom. The van der Waals surface area contributed by atoms with E-state index in [0.717, 1.165) is 17.6 Å². The van der Waals surface area contributed by atoms with Crippen LogP contribution < -0.4 is 16.4 Å². The number of carbonyl (C=O) groups excluding carboxylic acids is 1. The van der Waals surface area contributed by atoms with Crippen LogP contribution in [-0.4, -0.2) is 46.9 Å². The average molecular weight is 335 g/mol. The van der Waals surface area contributed by atoms with E-state index in [9.17, 15) is 13.2 Å². The number of amides is 1. The number of hydrogen-bond donors (Lipinski definition) is 3. The summed E-state index contributed by atoms with van der Waals surface area (Å²) in [4.78, 5) is 11.9. The molecule has 1 aromatic heterocycles. The summed E-state index contributed by atoms with van der Waals surface area (Å²) in [6, 6.07) is 0. The Morgan fingerprint density at radius 1 is 1.43 bits per heavy atom. The number of carbonyl (C=O) groups is 1. The number of nitrogen functional groups attached to an aromatic ring is 1. The number of nitrogens with two attached hydrogens (primary N) is 1. The van der Waals surface area contributed by atoms with E-state index < -0.39 is 15.7 Å². The predicted molar refractivity (Wildman–Crippen MR) is 84.8 cm³/mol.